The Balaban J connectivity index is 1.23. The van der Waals surface area contributed by atoms with Gasteiger partial charge in [-0.25, -0.2) is 0 Å². The molecule has 1 atom stereocenters. The first-order valence-corrected chi connectivity index (χ1v) is 14.0. The minimum absolute atomic E-state index is 0.228. The van der Waals surface area contributed by atoms with Gasteiger partial charge in [-0.05, 0) is 96.1 Å². The Morgan fingerprint density at radius 1 is 0.600 bits per heavy atom. The Morgan fingerprint density at radius 3 is 2.05 bits per heavy atom. The van der Waals surface area contributed by atoms with Gasteiger partial charge in [0.1, 0.15) is 11.2 Å². The minimum Gasteiger partial charge on any atom is -0.456 e. The zero-order chi connectivity index (χ0) is 27.1. The van der Waals surface area contributed by atoms with Crippen molar-refractivity contribution in [2.75, 3.05) is 4.90 Å². The van der Waals surface area contributed by atoms with Gasteiger partial charge in [0.2, 0.25) is 0 Å². The van der Waals surface area contributed by atoms with Crippen molar-refractivity contribution in [1.82, 2.24) is 0 Å². The summed E-state index contributed by atoms with van der Waals surface area (Å²) in [5.74, 6) is 0. The molecule has 1 aliphatic carbocycles. The van der Waals surface area contributed by atoms with Crippen LogP contribution < -0.4 is 4.90 Å². The lowest BCUT2D eigenvalue weighted by Gasteiger charge is -2.34. The van der Waals surface area contributed by atoms with E-state index in [-0.39, 0.29) is 6.04 Å². The summed E-state index contributed by atoms with van der Waals surface area (Å²) in [6.07, 6.45) is 7.93. The highest BCUT2D eigenvalue weighted by molar-refractivity contribution is 6.05. The van der Waals surface area contributed by atoms with Crippen molar-refractivity contribution in [3.8, 4) is 11.1 Å². The number of fused-ring (bicyclic) bond motifs is 3. The Morgan fingerprint density at radius 2 is 1.30 bits per heavy atom. The molecule has 0 bridgehead atoms. The highest BCUT2D eigenvalue weighted by atomic mass is 16.3. The SMILES string of the molecule is Cc1cc(C)cc(N(c2ccc(-c3ccc4c(c3)oc3ccccc34)cc2)C2C=CC(c3ccccc3)=CC2)c1. The summed E-state index contributed by atoms with van der Waals surface area (Å²) in [6, 6.07) is 41.4. The van der Waals surface area contributed by atoms with Crippen LogP contribution in [0.25, 0.3) is 38.6 Å². The summed E-state index contributed by atoms with van der Waals surface area (Å²) in [4.78, 5) is 2.47. The molecule has 2 nitrogen and oxygen atoms in total. The maximum atomic E-state index is 6.16. The number of hydrogen-bond acceptors (Lipinski definition) is 2. The largest absolute Gasteiger partial charge is 0.456 e. The number of hydrogen-bond donors (Lipinski definition) is 0. The average molecular weight is 518 g/mol. The lowest BCUT2D eigenvalue weighted by atomic mass is 9.95. The van der Waals surface area contributed by atoms with Gasteiger partial charge in [0.15, 0.2) is 0 Å². The second-order valence-corrected chi connectivity index (χ2v) is 10.8. The third-order valence-electron chi connectivity index (χ3n) is 7.86. The van der Waals surface area contributed by atoms with Gasteiger partial charge >= 0.3 is 0 Å². The van der Waals surface area contributed by atoms with Crippen LogP contribution in [-0.2, 0) is 0 Å². The van der Waals surface area contributed by atoms with Gasteiger partial charge in [0.05, 0.1) is 6.04 Å². The van der Waals surface area contributed by atoms with E-state index in [1.165, 1.54) is 39.2 Å². The fourth-order valence-electron chi connectivity index (χ4n) is 5.99. The summed E-state index contributed by atoms with van der Waals surface area (Å²) in [6.45, 7) is 4.35. The molecular weight excluding hydrogens is 486 g/mol. The third-order valence-corrected chi connectivity index (χ3v) is 7.86. The van der Waals surface area contributed by atoms with Gasteiger partial charge < -0.3 is 9.32 Å². The van der Waals surface area contributed by atoms with E-state index < -0.39 is 0 Å². The number of allylic oxidation sites excluding steroid dienone is 2. The molecule has 40 heavy (non-hydrogen) atoms. The predicted molar refractivity (Wildman–Crippen MR) is 169 cm³/mol. The first-order valence-electron chi connectivity index (χ1n) is 14.0. The summed E-state index contributed by atoms with van der Waals surface area (Å²) in [5, 5.41) is 2.32. The number of aryl methyl sites for hydroxylation is 2. The molecule has 2 heteroatoms. The Labute approximate surface area is 235 Å². The molecule has 1 aromatic heterocycles. The molecule has 0 radical (unpaired) electrons. The van der Waals surface area contributed by atoms with Crippen LogP contribution in [0.15, 0.2) is 138 Å². The van der Waals surface area contributed by atoms with E-state index in [9.17, 15) is 0 Å². The molecule has 1 heterocycles. The molecule has 1 aliphatic rings. The number of nitrogens with zero attached hydrogens (tertiary/aromatic N) is 1. The third kappa shape index (κ3) is 4.52. The molecule has 0 spiro atoms. The van der Waals surface area contributed by atoms with Crippen LogP contribution in [0.1, 0.15) is 23.1 Å². The molecule has 1 unspecified atom stereocenters. The summed E-state index contributed by atoms with van der Waals surface area (Å²) in [5.41, 5.74) is 11.7. The van der Waals surface area contributed by atoms with Gasteiger partial charge in [0.25, 0.3) is 0 Å². The van der Waals surface area contributed by atoms with Gasteiger partial charge in [-0.15, -0.1) is 0 Å². The topological polar surface area (TPSA) is 16.4 Å². The molecule has 5 aromatic carbocycles. The lowest BCUT2D eigenvalue weighted by molar-refractivity contribution is 0.669. The zero-order valence-corrected chi connectivity index (χ0v) is 22.8. The number of rotatable bonds is 5. The first kappa shape index (κ1) is 24.2. The van der Waals surface area contributed by atoms with Crippen molar-refractivity contribution >= 4 is 38.9 Å². The summed E-state index contributed by atoms with van der Waals surface area (Å²) in [7, 11) is 0. The van der Waals surface area contributed by atoms with E-state index in [0.29, 0.717) is 0 Å². The molecular formula is C38H31NO. The zero-order valence-electron chi connectivity index (χ0n) is 22.8. The van der Waals surface area contributed by atoms with Crippen molar-refractivity contribution in [2.45, 2.75) is 26.3 Å². The van der Waals surface area contributed by atoms with Crippen LogP contribution in [0.3, 0.4) is 0 Å². The number of anilines is 2. The van der Waals surface area contributed by atoms with Crippen molar-refractivity contribution in [2.24, 2.45) is 0 Å². The van der Waals surface area contributed by atoms with Gasteiger partial charge in [-0.3, -0.25) is 0 Å². The molecule has 0 fully saturated rings. The van der Waals surface area contributed by atoms with E-state index in [0.717, 1.165) is 33.9 Å². The Bertz CT molecular complexity index is 1870. The molecule has 0 amide bonds. The fraction of sp³-hybridized carbons (Fsp3) is 0.105. The van der Waals surface area contributed by atoms with Crippen LogP contribution in [-0.4, -0.2) is 6.04 Å². The smallest absolute Gasteiger partial charge is 0.136 e. The van der Waals surface area contributed by atoms with Crippen LogP contribution in [0.4, 0.5) is 11.4 Å². The predicted octanol–water partition coefficient (Wildman–Crippen LogP) is 10.4. The summed E-state index contributed by atoms with van der Waals surface area (Å²) < 4.78 is 6.16. The van der Waals surface area contributed by atoms with Crippen LogP contribution in [0.5, 0.6) is 0 Å². The van der Waals surface area contributed by atoms with E-state index in [1.54, 1.807) is 0 Å². The standard InChI is InChI=1S/C38H31NO/c1-26-22-27(2)24-34(23-26)39(32-17-12-29(13-18-32)28-8-4-3-5-9-28)33-19-14-30(15-20-33)31-16-21-36-35-10-6-7-11-37(35)40-38(36)25-31/h3-17,19-25,32H,18H2,1-2H3. The fourth-order valence-corrected chi connectivity index (χ4v) is 5.99. The second kappa shape index (κ2) is 10.1. The van der Waals surface area contributed by atoms with Gasteiger partial charge in [0, 0.05) is 22.1 Å². The molecule has 0 N–H and O–H groups in total. The van der Waals surface area contributed by atoms with Gasteiger partial charge in [-0.1, -0.05) is 91.0 Å². The molecule has 0 saturated heterocycles. The van der Waals surface area contributed by atoms with Crippen molar-refractivity contribution in [3.05, 3.63) is 150 Å². The van der Waals surface area contributed by atoms with Gasteiger partial charge in [-0.2, -0.15) is 0 Å². The molecule has 0 aliphatic heterocycles. The highest BCUT2D eigenvalue weighted by Crippen LogP contribution is 2.36. The van der Waals surface area contributed by atoms with E-state index in [1.807, 2.05) is 12.1 Å². The highest BCUT2D eigenvalue weighted by Gasteiger charge is 2.21. The van der Waals surface area contributed by atoms with E-state index in [4.69, 9.17) is 4.42 Å². The molecule has 0 saturated carbocycles. The maximum absolute atomic E-state index is 6.16. The minimum atomic E-state index is 0.228. The van der Waals surface area contributed by atoms with Crippen LogP contribution in [0, 0.1) is 13.8 Å². The van der Waals surface area contributed by atoms with E-state index >= 15 is 0 Å². The second-order valence-electron chi connectivity index (χ2n) is 10.8. The number of furan rings is 1. The lowest BCUT2D eigenvalue weighted by Crippen LogP contribution is -2.30. The average Bonchev–Trinajstić information content (AvgIpc) is 3.36. The quantitative estimate of drug-likeness (QED) is 0.226. The van der Waals surface area contributed by atoms with Crippen molar-refractivity contribution < 1.29 is 4.42 Å². The normalized spacial score (nSPS) is 14.9. The van der Waals surface area contributed by atoms with Crippen LogP contribution in [0.2, 0.25) is 0 Å². The van der Waals surface area contributed by atoms with E-state index in [2.05, 4.69) is 140 Å². The maximum Gasteiger partial charge on any atom is 0.136 e. The summed E-state index contributed by atoms with van der Waals surface area (Å²) >= 11 is 0. The van der Waals surface area contributed by atoms with Crippen molar-refractivity contribution in [1.29, 1.82) is 0 Å². The number of para-hydroxylation sites is 1. The number of benzene rings is 5. The monoisotopic (exact) mass is 517 g/mol. The van der Waals surface area contributed by atoms with Crippen LogP contribution >= 0.6 is 0 Å². The molecule has 7 rings (SSSR count). The molecule has 194 valence electrons. The van der Waals surface area contributed by atoms with Crippen molar-refractivity contribution in [3.63, 3.8) is 0 Å². The molecule has 6 aromatic rings. The Hall–Kier alpha value is -4.82. The Kier molecular flexibility index (Phi) is 6.09. The first-order chi connectivity index (χ1) is 19.6.